The number of benzene rings is 1. The minimum absolute atomic E-state index is 0.183. The number of aryl methyl sites for hydroxylation is 1. The van der Waals surface area contributed by atoms with Gasteiger partial charge in [0.15, 0.2) is 0 Å². The second-order valence-corrected chi connectivity index (χ2v) is 6.17. The van der Waals surface area contributed by atoms with E-state index in [1.807, 2.05) is 11.5 Å². The normalized spacial score (nSPS) is 11.4. The van der Waals surface area contributed by atoms with Gasteiger partial charge in [0, 0.05) is 11.0 Å². The quantitative estimate of drug-likeness (QED) is 0.858. The van der Waals surface area contributed by atoms with Crippen LogP contribution in [0.3, 0.4) is 0 Å². The zero-order valence-electron chi connectivity index (χ0n) is 12.9. The van der Waals surface area contributed by atoms with Gasteiger partial charge in [0.1, 0.15) is 23.2 Å². The smallest absolute Gasteiger partial charge is 0.132 e. The van der Waals surface area contributed by atoms with E-state index in [4.69, 9.17) is 12.2 Å². The lowest BCUT2D eigenvalue weighted by Gasteiger charge is -2.18. The fraction of sp³-hybridized carbons (Fsp3) is 0.353. The predicted octanol–water partition coefficient (Wildman–Crippen LogP) is 3.51. The molecule has 0 aliphatic rings. The van der Waals surface area contributed by atoms with Crippen molar-refractivity contribution in [1.82, 2.24) is 9.55 Å². The number of rotatable bonds is 2. The molecule has 1 heterocycles. The van der Waals surface area contributed by atoms with Crippen molar-refractivity contribution >= 4 is 5.82 Å². The summed E-state index contributed by atoms with van der Waals surface area (Å²) >= 11 is 0. The molecule has 2 N–H and O–H groups in total. The molecule has 0 bridgehead atoms. The molecule has 0 spiro atoms. The summed E-state index contributed by atoms with van der Waals surface area (Å²) in [7, 11) is 0. The number of aromatic nitrogens is 2. The molecule has 0 saturated carbocycles. The molecule has 1 aromatic carbocycles. The van der Waals surface area contributed by atoms with Crippen molar-refractivity contribution in [2.24, 2.45) is 0 Å². The second-order valence-electron chi connectivity index (χ2n) is 6.17. The Morgan fingerprint density at radius 3 is 2.57 bits per heavy atom. The van der Waals surface area contributed by atoms with Crippen molar-refractivity contribution in [3.8, 4) is 23.6 Å². The zero-order valence-corrected chi connectivity index (χ0v) is 12.9. The summed E-state index contributed by atoms with van der Waals surface area (Å²) in [5, 5.41) is 0. The molecule has 0 unspecified atom stereocenters. The molecule has 1 aromatic heterocycles. The average Bonchev–Trinajstić information content (AvgIpc) is 2.68. The molecule has 0 saturated heterocycles. The third kappa shape index (κ3) is 2.78. The van der Waals surface area contributed by atoms with Crippen molar-refractivity contribution in [3.63, 3.8) is 0 Å². The molecule has 0 amide bonds. The monoisotopic (exact) mass is 285 g/mol. The third-order valence-corrected chi connectivity index (χ3v) is 3.37. The minimum atomic E-state index is -0.270. The Labute approximate surface area is 125 Å². The van der Waals surface area contributed by atoms with E-state index >= 15 is 0 Å². The van der Waals surface area contributed by atoms with E-state index in [-0.39, 0.29) is 11.2 Å². The first-order valence-electron chi connectivity index (χ1n) is 6.82. The largest absolute Gasteiger partial charge is 0.383 e. The Bertz CT molecular complexity index is 715. The van der Waals surface area contributed by atoms with Crippen LogP contribution in [0.25, 0.3) is 11.3 Å². The summed E-state index contributed by atoms with van der Waals surface area (Å²) in [6, 6.07) is 4.60. The molecule has 0 fully saturated rings. The lowest BCUT2D eigenvalue weighted by atomic mass is 9.95. The molecule has 2 rings (SSSR count). The van der Waals surface area contributed by atoms with Gasteiger partial charge in [-0.3, -0.25) is 0 Å². The first-order valence-corrected chi connectivity index (χ1v) is 6.82. The van der Waals surface area contributed by atoms with Gasteiger partial charge in [-0.1, -0.05) is 26.7 Å². The van der Waals surface area contributed by atoms with Crippen LogP contribution in [0.4, 0.5) is 10.2 Å². The minimum Gasteiger partial charge on any atom is -0.383 e. The molecule has 0 aliphatic heterocycles. The van der Waals surface area contributed by atoms with Crippen LogP contribution < -0.4 is 5.73 Å². The molecule has 3 nitrogen and oxygen atoms in total. The van der Waals surface area contributed by atoms with Crippen LogP contribution in [-0.2, 0) is 12.0 Å². The third-order valence-electron chi connectivity index (χ3n) is 3.37. The van der Waals surface area contributed by atoms with Gasteiger partial charge in [0.25, 0.3) is 0 Å². The highest BCUT2D eigenvalue weighted by Gasteiger charge is 2.25. The van der Waals surface area contributed by atoms with Gasteiger partial charge in [-0.2, -0.15) is 0 Å². The molecule has 110 valence electrons. The van der Waals surface area contributed by atoms with E-state index in [1.54, 1.807) is 6.07 Å². The van der Waals surface area contributed by atoms with Crippen molar-refractivity contribution in [2.45, 2.75) is 39.7 Å². The molecule has 2 aromatic rings. The lowest BCUT2D eigenvalue weighted by Crippen LogP contribution is -2.19. The van der Waals surface area contributed by atoms with Crippen LogP contribution >= 0.6 is 0 Å². The number of nitrogens with two attached hydrogens (primary N) is 1. The van der Waals surface area contributed by atoms with E-state index < -0.39 is 0 Å². The van der Waals surface area contributed by atoms with Crippen LogP contribution in [0.15, 0.2) is 18.2 Å². The van der Waals surface area contributed by atoms with Crippen molar-refractivity contribution in [3.05, 3.63) is 35.4 Å². The highest BCUT2D eigenvalue weighted by Crippen LogP contribution is 2.33. The van der Waals surface area contributed by atoms with Crippen LogP contribution in [0.1, 0.15) is 32.2 Å². The van der Waals surface area contributed by atoms with E-state index in [0.29, 0.717) is 18.1 Å². The van der Waals surface area contributed by atoms with Crippen molar-refractivity contribution in [2.75, 3.05) is 5.73 Å². The summed E-state index contributed by atoms with van der Waals surface area (Å²) in [5.41, 5.74) is 8.34. The van der Waals surface area contributed by atoms with Crippen molar-refractivity contribution < 1.29 is 4.39 Å². The highest BCUT2D eigenvalue weighted by atomic mass is 19.1. The second kappa shape index (κ2) is 5.25. The summed E-state index contributed by atoms with van der Waals surface area (Å²) in [6.07, 6.45) is 5.44. The topological polar surface area (TPSA) is 43.8 Å². The first kappa shape index (κ1) is 15.1. The summed E-state index contributed by atoms with van der Waals surface area (Å²) in [6.45, 7) is 8.38. The van der Waals surface area contributed by atoms with Crippen LogP contribution in [0.2, 0.25) is 0 Å². The van der Waals surface area contributed by atoms with Gasteiger partial charge in [-0.25, -0.2) is 9.37 Å². The fourth-order valence-corrected chi connectivity index (χ4v) is 2.38. The van der Waals surface area contributed by atoms with Crippen LogP contribution in [0, 0.1) is 25.1 Å². The van der Waals surface area contributed by atoms with E-state index in [9.17, 15) is 4.39 Å². The van der Waals surface area contributed by atoms with Crippen molar-refractivity contribution in [1.29, 1.82) is 0 Å². The summed E-state index contributed by atoms with van der Waals surface area (Å²) in [5.74, 6) is 3.69. The standard InChI is InChI=1S/C17H20FN3/c1-6-9-21-15(19)14(20-16(21)17(3,4)5)13-8-7-12(18)10-11(13)2/h1,7-8,10H,9,19H2,2-5H3. The lowest BCUT2D eigenvalue weighted by molar-refractivity contribution is 0.517. The SMILES string of the molecule is C#CCn1c(C(C)(C)C)nc(-c2ccc(F)cc2C)c1N. The Morgan fingerprint density at radius 2 is 2.05 bits per heavy atom. The van der Waals surface area contributed by atoms with Gasteiger partial charge in [0.05, 0.1) is 6.54 Å². The molecule has 0 aliphatic carbocycles. The maximum absolute atomic E-state index is 13.3. The number of nitrogen functional groups attached to an aromatic ring is 1. The average molecular weight is 285 g/mol. The summed E-state index contributed by atoms with van der Waals surface area (Å²) < 4.78 is 15.1. The Kier molecular flexibility index (Phi) is 3.78. The van der Waals surface area contributed by atoms with Gasteiger partial charge in [-0.05, 0) is 30.7 Å². The Hall–Kier alpha value is -2.28. The number of imidazole rings is 1. The number of hydrogen-bond acceptors (Lipinski definition) is 2. The van der Waals surface area contributed by atoms with E-state index in [2.05, 4.69) is 31.7 Å². The highest BCUT2D eigenvalue weighted by molar-refractivity contribution is 5.74. The zero-order chi connectivity index (χ0) is 15.8. The molecular weight excluding hydrogens is 265 g/mol. The molecule has 21 heavy (non-hydrogen) atoms. The Balaban J connectivity index is 2.68. The molecular formula is C17H20FN3. The molecule has 0 atom stereocenters. The fourth-order valence-electron chi connectivity index (χ4n) is 2.38. The number of terminal acetylenes is 1. The number of hydrogen-bond donors (Lipinski definition) is 1. The maximum atomic E-state index is 13.3. The van der Waals surface area contributed by atoms with E-state index in [1.165, 1.54) is 12.1 Å². The Morgan fingerprint density at radius 1 is 1.38 bits per heavy atom. The van der Waals surface area contributed by atoms with Gasteiger partial charge >= 0.3 is 0 Å². The molecule has 0 radical (unpaired) electrons. The number of nitrogens with zero attached hydrogens (tertiary/aromatic N) is 2. The first-order chi connectivity index (χ1) is 9.75. The van der Waals surface area contributed by atoms with E-state index in [0.717, 1.165) is 17.0 Å². The predicted molar refractivity (Wildman–Crippen MR) is 84.3 cm³/mol. The maximum Gasteiger partial charge on any atom is 0.132 e. The van der Waals surface area contributed by atoms with Gasteiger partial charge < -0.3 is 10.3 Å². The van der Waals surface area contributed by atoms with Gasteiger partial charge in [-0.15, -0.1) is 6.42 Å². The van der Waals surface area contributed by atoms with Gasteiger partial charge in [0.2, 0.25) is 0 Å². The summed E-state index contributed by atoms with van der Waals surface area (Å²) in [4.78, 5) is 4.68. The van der Waals surface area contributed by atoms with Crippen LogP contribution in [-0.4, -0.2) is 9.55 Å². The number of anilines is 1. The number of halogens is 1. The van der Waals surface area contributed by atoms with Crippen LogP contribution in [0.5, 0.6) is 0 Å². The molecule has 4 heteroatoms.